The molecule has 2 rings (SSSR count). The van der Waals surface area contributed by atoms with Gasteiger partial charge in [0.15, 0.2) is 0 Å². The van der Waals surface area contributed by atoms with Gasteiger partial charge >= 0.3 is 0 Å². The molecular formula is C19H22N2O2S. The summed E-state index contributed by atoms with van der Waals surface area (Å²) in [6, 6.07) is 14.2. The summed E-state index contributed by atoms with van der Waals surface area (Å²) in [5, 5.41) is 2.77. The van der Waals surface area contributed by atoms with Crippen molar-refractivity contribution in [1.82, 2.24) is 10.2 Å². The Bertz CT molecular complexity index is 720. The molecule has 0 saturated carbocycles. The van der Waals surface area contributed by atoms with Crippen molar-refractivity contribution in [1.29, 1.82) is 0 Å². The molecule has 0 unspecified atom stereocenters. The van der Waals surface area contributed by atoms with Crippen LogP contribution in [0.5, 0.6) is 0 Å². The zero-order valence-electron chi connectivity index (χ0n) is 14.2. The Balaban J connectivity index is 1.94. The van der Waals surface area contributed by atoms with Crippen molar-refractivity contribution in [2.75, 3.05) is 13.6 Å². The summed E-state index contributed by atoms with van der Waals surface area (Å²) < 4.78 is 0. The number of amides is 2. The standard InChI is InChI=1S/C19H22N2O2S/c1-14(2)20-18(22)13-21(3)19(23)12-10-16-9-11-17(24-16)15-7-5-4-6-8-15/h4-12,14H,13H2,1-3H3,(H,20,22)/b12-10+. The van der Waals surface area contributed by atoms with Crippen LogP contribution in [0.3, 0.4) is 0 Å². The van der Waals surface area contributed by atoms with Gasteiger partial charge in [-0.05, 0) is 37.6 Å². The van der Waals surface area contributed by atoms with Crippen LogP contribution < -0.4 is 5.32 Å². The summed E-state index contributed by atoms with van der Waals surface area (Å²) in [7, 11) is 1.62. The Morgan fingerprint density at radius 1 is 1.17 bits per heavy atom. The highest BCUT2D eigenvalue weighted by molar-refractivity contribution is 7.16. The third kappa shape index (κ3) is 5.35. The van der Waals surface area contributed by atoms with E-state index >= 15 is 0 Å². The van der Waals surface area contributed by atoms with E-state index in [1.165, 1.54) is 11.0 Å². The average molecular weight is 342 g/mol. The van der Waals surface area contributed by atoms with Crippen molar-refractivity contribution in [2.45, 2.75) is 19.9 Å². The smallest absolute Gasteiger partial charge is 0.246 e. The number of carbonyl (C=O) groups excluding carboxylic acids is 2. The van der Waals surface area contributed by atoms with Gasteiger partial charge in [-0.1, -0.05) is 30.3 Å². The van der Waals surface area contributed by atoms with E-state index in [1.54, 1.807) is 24.5 Å². The molecule has 5 heteroatoms. The average Bonchev–Trinajstić information content (AvgIpc) is 3.01. The van der Waals surface area contributed by atoms with Crippen LogP contribution in [-0.2, 0) is 9.59 Å². The van der Waals surface area contributed by atoms with E-state index in [0.29, 0.717) is 0 Å². The third-order valence-electron chi connectivity index (χ3n) is 3.28. The van der Waals surface area contributed by atoms with Crippen molar-refractivity contribution < 1.29 is 9.59 Å². The van der Waals surface area contributed by atoms with Crippen LogP contribution in [0, 0.1) is 0 Å². The van der Waals surface area contributed by atoms with Gasteiger partial charge in [0, 0.05) is 28.9 Å². The van der Waals surface area contributed by atoms with Gasteiger partial charge in [-0.15, -0.1) is 11.3 Å². The van der Waals surface area contributed by atoms with Gasteiger partial charge in [-0.25, -0.2) is 0 Å². The van der Waals surface area contributed by atoms with Gasteiger partial charge < -0.3 is 10.2 Å². The lowest BCUT2D eigenvalue weighted by atomic mass is 10.2. The minimum atomic E-state index is -0.191. The number of benzene rings is 1. The normalized spacial score (nSPS) is 11.0. The molecule has 24 heavy (non-hydrogen) atoms. The molecular weight excluding hydrogens is 320 g/mol. The minimum Gasteiger partial charge on any atom is -0.352 e. The molecule has 0 aliphatic rings. The van der Waals surface area contributed by atoms with E-state index in [2.05, 4.69) is 17.4 Å². The summed E-state index contributed by atoms with van der Waals surface area (Å²) >= 11 is 1.63. The van der Waals surface area contributed by atoms with Crippen LogP contribution in [-0.4, -0.2) is 36.3 Å². The zero-order chi connectivity index (χ0) is 17.5. The number of nitrogens with one attached hydrogen (secondary N) is 1. The fourth-order valence-electron chi connectivity index (χ4n) is 2.14. The highest BCUT2D eigenvalue weighted by Gasteiger charge is 2.11. The number of rotatable bonds is 6. The number of nitrogens with zero attached hydrogens (tertiary/aromatic N) is 1. The maximum atomic E-state index is 12.1. The van der Waals surface area contributed by atoms with Gasteiger partial charge in [-0.3, -0.25) is 9.59 Å². The first kappa shape index (κ1) is 17.9. The summed E-state index contributed by atoms with van der Waals surface area (Å²) in [5.74, 6) is -0.347. The van der Waals surface area contributed by atoms with Crippen molar-refractivity contribution >= 4 is 29.2 Å². The van der Waals surface area contributed by atoms with E-state index in [4.69, 9.17) is 0 Å². The summed E-state index contributed by atoms with van der Waals surface area (Å²) in [4.78, 5) is 27.3. The van der Waals surface area contributed by atoms with E-state index in [1.807, 2.05) is 44.2 Å². The molecule has 1 aromatic carbocycles. The molecule has 0 radical (unpaired) electrons. The highest BCUT2D eigenvalue weighted by Crippen LogP contribution is 2.28. The number of hydrogen-bond donors (Lipinski definition) is 1. The molecule has 0 fully saturated rings. The molecule has 1 heterocycles. The molecule has 0 aliphatic heterocycles. The fraction of sp³-hybridized carbons (Fsp3) is 0.263. The van der Waals surface area contributed by atoms with E-state index in [9.17, 15) is 9.59 Å². The molecule has 0 atom stereocenters. The quantitative estimate of drug-likeness (QED) is 0.818. The zero-order valence-corrected chi connectivity index (χ0v) is 15.0. The maximum absolute atomic E-state index is 12.1. The summed E-state index contributed by atoms with van der Waals surface area (Å²) in [6.07, 6.45) is 3.29. The predicted octanol–water partition coefficient (Wildman–Crippen LogP) is 3.41. The SMILES string of the molecule is CC(C)NC(=O)CN(C)C(=O)/C=C/c1ccc(-c2ccccc2)s1. The largest absolute Gasteiger partial charge is 0.352 e. The maximum Gasteiger partial charge on any atom is 0.246 e. The molecule has 0 spiro atoms. The lowest BCUT2D eigenvalue weighted by Crippen LogP contribution is -2.40. The van der Waals surface area contributed by atoms with Crippen LogP contribution in [0.1, 0.15) is 18.7 Å². The Kier molecular flexibility index (Phi) is 6.32. The molecule has 1 aromatic heterocycles. The number of carbonyl (C=O) groups is 2. The van der Waals surface area contributed by atoms with E-state index in [0.717, 1.165) is 15.3 Å². The number of likely N-dealkylation sites (N-methyl/N-ethyl adjacent to an activating group) is 1. The highest BCUT2D eigenvalue weighted by atomic mass is 32.1. The fourth-order valence-corrected chi connectivity index (χ4v) is 3.06. The van der Waals surface area contributed by atoms with Gasteiger partial charge in [0.25, 0.3) is 0 Å². The first-order valence-electron chi connectivity index (χ1n) is 7.83. The summed E-state index contributed by atoms with van der Waals surface area (Å²) in [6.45, 7) is 3.84. The molecule has 0 saturated heterocycles. The topological polar surface area (TPSA) is 49.4 Å². The van der Waals surface area contributed by atoms with Crippen LogP contribution in [0.2, 0.25) is 0 Å². The van der Waals surface area contributed by atoms with Crippen LogP contribution >= 0.6 is 11.3 Å². The van der Waals surface area contributed by atoms with Gasteiger partial charge in [0.2, 0.25) is 11.8 Å². The number of hydrogen-bond acceptors (Lipinski definition) is 3. The lowest BCUT2D eigenvalue weighted by molar-refractivity contribution is -0.131. The molecule has 2 amide bonds. The third-order valence-corrected chi connectivity index (χ3v) is 4.38. The predicted molar refractivity (Wildman–Crippen MR) is 99.7 cm³/mol. The van der Waals surface area contributed by atoms with Crippen molar-refractivity contribution in [2.24, 2.45) is 0 Å². The minimum absolute atomic E-state index is 0.0566. The Morgan fingerprint density at radius 3 is 2.54 bits per heavy atom. The van der Waals surface area contributed by atoms with Gasteiger partial charge in [0.1, 0.15) is 0 Å². The molecule has 2 aromatic rings. The number of thiophene rings is 1. The summed E-state index contributed by atoms with van der Waals surface area (Å²) in [5.41, 5.74) is 1.16. The molecule has 1 N–H and O–H groups in total. The second kappa shape index (κ2) is 8.45. The lowest BCUT2D eigenvalue weighted by Gasteiger charge is -2.16. The van der Waals surface area contributed by atoms with Crippen LogP contribution in [0.15, 0.2) is 48.5 Å². The van der Waals surface area contributed by atoms with Crippen LogP contribution in [0.25, 0.3) is 16.5 Å². The molecule has 126 valence electrons. The molecule has 0 aliphatic carbocycles. The van der Waals surface area contributed by atoms with Crippen molar-refractivity contribution in [3.8, 4) is 10.4 Å². The first-order chi connectivity index (χ1) is 11.5. The van der Waals surface area contributed by atoms with E-state index in [-0.39, 0.29) is 24.4 Å². The van der Waals surface area contributed by atoms with E-state index < -0.39 is 0 Å². The van der Waals surface area contributed by atoms with Gasteiger partial charge in [-0.2, -0.15) is 0 Å². The monoisotopic (exact) mass is 342 g/mol. The second-order valence-corrected chi connectivity index (χ2v) is 6.93. The Labute approximate surface area is 146 Å². The van der Waals surface area contributed by atoms with Crippen LogP contribution in [0.4, 0.5) is 0 Å². The van der Waals surface area contributed by atoms with Crippen molar-refractivity contribution in [3.63, 3.8) is 0 Å². The molecule has 4 nitrogen and oxygen atoms in total. The van der Waals surface area contributed by atoms with Crippen molar-refractivity contribution in [3.05, 3.63) is 53.4 Å². The first-order valence-corrected chi connectivity index (χ1v) is 8.65. The molecule has 0 bridgehead atoms. The Hall–Kier alpha value is -2.40. The Morgan fingerprint density at radius 2 is 1.88 bits per heavy atom. The van der Waals surface area contributed by atoms with Gasteiger partial charge in [0.05, 0.1) is 6.54 Å². The second-order valence-electron chi connectivity index (χ2n) is 5.82.